The van der Waals surface area contributed by atoms with Gasteiger partial charge in [0.05, 0.1) is 34.3 Å². The molecule has 0 aliphatic heterocycles. The summed E-state index contributed by atoms with van der Waals surface area (Å²) in [6, 6.07) is 60.8. The van der Waals surface area contributed by atoms with Crippen molar-refractivity contribution in [2.75, 3.05) is 6.67 Å². The van der Waals surface area contributed by atoms with Crippen LogP contribution in [0.15, 0.2) is 179 Å². The zero-order valence-electron chi connectivity index (χ0n) is 29.7. The fraction of sp³-hybridized carbons (Fsp3) is 0.0200. The highest BCUT2D eigenvalue weighted by Crippen LogP contribution is 2.43. The Morgan fingerprint density at radius 1 is 0.509 bits per heavy atom. The van der Waals surface area contributed by atoms with Crippen molar-refractivity contribution in [3.8, 4) is 16.8 Å². The van der Waals surface area contributed by atoms with Gasteiger partial charge in [0.1, 0.15) is 11.3 Å². The Labute approximate surface area is 315 Å². The molecule has 2 N–H and O–H groups in total. The molecule has 55 heavy (non-hydrogen) atoms. The van der Waals surface area contributed by atoms with Gasteiger partial charge >= 0.3 is 0 Å². The van der Waals surface area contributed by atoms with E-state index in [1.54, 1.807) is 0 Å². The Hall–Kier alpha value is -7.21. The molecule has 4 aromatic heterocycles. The average molecular weight is 705 g/mol. The highest BCUT2D eigenvalue weighted by molar-refractivity contribution is 6.27. The first kappa shape index (κ1) is 30.3. The maximum Gasteiger partial charge on any atom is 0.161 e. The van der Waals surface area contributed by atoms with Crippen LogP contribution in [0, 0.1) is 0 Å². The number of para-hydroxylation sites is 4. The number of rotatable bonds is 5. The molecule has 0 radical (unpaired) electrons. The molecule has 0 atom stereocenters. The van der Waals surface area contributed by atoms with Crippen LogP contribution in [-0.2, 0) is 0 Å². The van der Waals surface area contributed by atoms with Crippen molar-refractivity contribution in [2.45, 2.75) is 0 Å². The molecule has 0 unspecified atom stereocenters. The summed E-state index contributed by atoms with van der Waals surface area (Å²) in [4.78, 5) is 4.85. The zero-order valence-corrected chi connectivity index (χ0v) is 29.7. The third-order valence-electron chi connectivity index (χ3n) is 11.5. The first-order valence-corrected chi connectivity index (χ1v) is 18.7. The first-order valence-electron chi connectivity index (χ1n) is 18.7. The summed E-state index contributed by atoms with van der Waals surface area (Å²) in [6.07, 6.45) is 0. The van der Waals surface area contributed by atoms with Crippen molar-refractivity contribution < 1.29 is 4.42 Å². The monoisotopic (exact) mass is 704 g/mol. The van der Waals surface area contributed by atoms with Crippen LogP contribution >= 0.6 is 0 Å². The predicted molar refractivity (Wildman–Crippen MR) is 229 cm³/mol. The van der Waals surface area contributed by atoms with E-state index in [0.29, 0.717) is 0 Å². The second kappa shape index (κ2) is 11.4. The average Bonchev–Trinajstić information content (AvgIpc) is 3.98. The summed E-state index contributed by atoms with van der Waals surface area (Å²) in [7, 11) is 0. The molecule has 8 aromatic carbocycles. The van der Waals surface area contributed by atoms with Gasteiger partial charge in [-0.1, -0.05) is 127 Å². The van der Waals surface area contributed by atoms with Crippen LogP contribution in [0.2, 0.25) is 0 Å². The summed E-state index contributed by atoms with van der Waals surface area (Å²) in [5.74, 6) is 0.718. The van der Waals surface area contributed by atoms with E-state index in [-0.39, 0.29) is 6.67 Å². The lowest BCUT2D eigenvalue weighted by Gasteiger charge is -2.12. The first-order chi connectivity index (χ1) is 27.3. The summed E-state index contributed by atoms with van der Waals surface area (Å²) in [5, 5.41) is 11.1. The van der Waals surface area contributed by atoms with E-state index in [0.717, 1.165) is 50.3 Å². The maximum atomic E-state index is 6.60. The van der Waals surface area contributed by atoms with Gasteiger partial charge in [0.25, 0.3) is 0 Å². The largest absolute Gasteiger partial charge is 0.454 e. The second-order valence-electron chi connectivity index (χ2n) is 14.4. The lowest BCUT2D eigenvalue weighted by Crippen LogP contribution is -2.08. The van der Waals surface area contributed by atoms with E-state index in [1.807, 2.05) is 24.3 Å². The van der Waals surface area contributed by atoms with Crippen LogP contribution < -0.4 is 5.73 Å². The van der Waals surface area contributed by atoms with E-state index in [1.165, 1.54) is 65.2 Å². The number of furan rings is 1. The van der Waals surface area contributed by atoms with E-state index in [9.17, 15) is 0 Å². The Kier molecular flexibility index (Phi) is 6.27. The molecule has 0 fully saturated rings. The molecule has 0 aliphatic rings. The molecule has 0 bridgehead atoms. The summed E-state index contributed by atoms with van der Waals surface area (Å²) in [5.41, 5.74) is 17.9. The van der Waals surface area contributed by atoms with Crippen molar-refractivity contribution in [3.05, 3.63) is 181 Å². The molecule has 5 nitrogen and oxygen atoms in total. The van der Waals surface area contributed by atoms with Gasteiger partial charge < -0.3 is 19.1 Å². The summed E-state index contributed by atoms with van der Waals surface area (Å²) < 4.78 is 11.5. The van der Waals surface area contributed by atoms with Crippen LogP contribution in [-0.4, -0.2) is 21.3 Å². The van der Waals surface area contributed by atoms with Crippen LogP contribution in [0.25, 0.3) is 98.5 Å². The number of hydrogen-bond acceptors (Lipinski definition) is 3. The number of benzene rings is 8. The number of hydrogen-bond donors (Lipinski definition) is 1. The van der Waals surface area contributed by atoms with E-state index < -0.39 is 0 Å². The highest BCUT2D eigenvalue weighted by Gasteiger charge is 2.23. The van der Waals surface area contributed by atoms with Crippen LogP contribution in [0.5, 0.6) is 0 Å². The minimum absolute atomic E-state index is 0.137. The normalized spacial score (nSPS) is 12.6. The van der Waals surface area contributed by atoms with Gasteiger partial charge in [-0.3, -0.25) is 4.99 Å². The fourth-order valence-corrected chi connectivity index (χ4v) is 9.23. The van der Waals surface area contributed by atoms with E-state index >= 15 is 0 Å². The van der Waals surface area contributed by atoms with Crippen LogP contribution in [0.4, 0.5) is 0 Å². The lowest BCUT2D eigenvalue weighted by molar-refractivity contribution is 0.606. The predicted octanol–water partition coefficient (Wildman–Crippen LogP) is 12.3. The molecule has 0 spiro atoms. The van der Waals surface area contributed by atoms with Crippen LogP contribution in [0.1, 0.15) is 11.3 Å². The van der Waals surface area contributed by atoms with E-state index in [4.69, 9.17) is 15.1 Å². The molecule has 0 aliphatic carbocycles. The lowest BCUT2D eigenvalue weighted by atomic mass is 9.97. The number of nitrogens with zero attached hydrogens (tertiary/aromatic N) is 3. The topological polar surface area (TPSA) is 60.9 Å². The fourth-order valence-electron chi connectivity index (χ4n) is 9.23. The van der Waals surface area contributed by atoms with Crippen molar-refractivity contribution in [1.82, 2.24) is 8.97 Å². The standard InChI is InChI=1S/C50H32N4O/c51-29-52-47(50-46(30-11-2-1-3-12-30)39-15-6-9-20-45(39)55-50)31-21-24-33(25-22-31)53-42-18-7-4-14-35(42)38-26-23-32-27-41-37-17-10-16-36-34-13-5-8-19-43(34)54(48(36)37)44(41)28-40(32)49(38)53/h1-28H,29,51H2/b52-47-. The number of aliphatic imine (C=N–C) groups is 1. The van der Waals surface area contributed by atoms with Gasteiger partial charge in [-0.05, 0) is 53.4 Å². The highest BCUT2D eigenvalue weighted by atomic mass is 16.3. The quantitative estimate of drug-likeness (QED) is 0.181. The van der Waals surface area contributed by atoms with Crippen molar-refractivity contribution in [2.24, 2.45) is 10.7 Å². The van der Waals surface area contributed by atoms with Gasteiger partial charge in [-0.15, -0.1) is 0 Å². The van der Waals surface area contributed by atoms with Crippen molar-refractivity contribution in [3.63, 3.8) is 0 Å². The smallest absolute Gasteiger partial charge is 0.161 e. The third kappa shape index (κ3) is 4.18. The van der Waals surface area contributed by atoms with Gasteiger partial charge in [-0.2, -0.15) is 0 Å². The van der Waals surface area contributed by atoms with Gasteiger partial charge in [0.2, 0.25) is 0 Å². The molecular formula is C50H32N4O. The molecule has 0 amide bonds. The number of aromatic nitrogens is 2. The SMILES string of the molecule is NC/N=C(/c1ccc(-n2c3ccccc3c3ccc4cc5c6cccc7c8ccccc8n(c5cc4c32)c76)cc1)c1oc2ccccc2c1-c1ccccc1. The molecule has 12 rings (SSSR count). The molecule has 0 saturated heterocycles. The molecule has 5 heteroatoms. The van der Waals surface area contributed by atoms with Crippen molar-refractivity contribution in [1.29, 1.82) is 0 Å². The number of nitrogens with two attached hydrogens (primary N) is 1. The van der Waals surface area contributed by atoms with E-state index in [2.05, 4.69) is 155 Å². The van der Waals surface area contributed by atoms with Crippen molar-refractivity contribution >= 4 is 87.4 Å². The second-order valence-corrected chi connectivity index (χ2v) is 14.4. The zero-order chi connectivity index (χ0) is 36.2. The van der Waals surface area contributed by atoms with Crippen LogP contribution in [0.3, 0.4) is 0 Å². The molecule has 0 saturated carbocycles. The third-order valence-corrected chi connectivity index (χ3v) is 11.5. The Balaban J connectivity index is 1.09. The van der Waals surface area contributed by atoms with Gasteiger partial charge in [0, 0.05) is 59.9 Å². The molecule has 258 valence electrons. The Morgan fingerprint density at radius 3 is 1.96 bits per heavy atom. The molecule has 4 heterocycles. The minimum Gasteiger partial charge on any atom is -0.454 e. The van der Waals surface area contributed by atoms with Gasteiger partial charge in [-0.25, -0.2) is 0 Å². The summed E-state index contributed by atoms with van der Waals surface area (Å²) >= 11 is 0. The Morgan fingerprint density at radius 2 is 1.16 bits per heavy atom. The molecular weight excluding hydrogens is 673 g/mol. The summed E-state index contributed by atoms with van der Waals surface area (Å²) in [6.45, 7) is 0.137. The Bertz CT molecular complexity index is 3510. The van der Waals surface area contributed by atoms with Gasteiger partial charge in [0.15, 0.2) is 5.76 Å². The molecule has 12 aromatic rings. The minimum atomic E-state index is 0.137. The number of fused-ring (bicyclic) bond motifs is 12. The maximum absolute atomic E-state index is 6.60.